The molecule has 0 radical (unpaired) electrons. The lowest BCUT2D eigenvalue weighted by Crippen LogP contribution is -2.46. The molecule has 1 aliphatic heterocycles. The van der Waals surface area contributed by atoms with Crippen LogP contribution in [0.5, 0.6) is 0 Å². The number of hydrogen-bond donors (Lipinski definition) is 2. The highest BCUT2D eigenvalue weighted by Crippen LogP contribution is 2.41. The van der Waals surface area contributed by atoms with Gasteiger partial charge in [0.05, 0.1) is 6.54 Å². The molecular weight excluding hydrogens is 524 g/mol. The van der Waals surface area contributed by atoms with Gasteiger partial charge in [-0.3, -0.25) is 9.89 Å². The van der Waals surface area contributed by atoms with Crippen molar-refractivity contribution in [1.82, 2.24) is 15.5 Å². The zero-order valence-electron chi connectivity index (χ0n) is 14.4. The zero-order chi connectivity index (χ0) is 18.0. The molecule has 3 unspecified atom stereocenters. The Balaban J connectivity index is 0.00000243. The summed E-state index contributed by atoms with van der Waals surface area (Å²) in [5.74, 6) is 1.13. The van der Waals surface area contributed by atoms with Crippen LogP contribution in [0.25, 0.3) is 0 Å². The molecular formula is C17H23BrF3IN4. The van der Waals surface area contributed by atoms with E-state index in [9.17, 15) is 13.2 Å². The molecule has 0 aromatic heterocycles. The third-order valence-electron chi connectivity index (χ3n) is 4.65. The number of likely N-dealkylation sites (tertiary alicyclic amines) is 1. The Labute approximate surface area is 177 Å². The lowest BCUT2D eigenvalue weighted by molar-refractivity contribution is -0.143. The fraction of sp³-hybridized carbons (Fsp3) is 0.588. The molecule has 1 heterocycles. The predicted molar refractivity (Wildman–Crippen MR) is 111 cm³/mol. The number of guanidine groups is 1. The summed E-state index contributed by atoms with van der Waals surface area (Å²) in [4.78, 5) is 5.66. The van der Waals surface area contributed by atoms with Crippen LogP contribution in [0.1, 0.15) is 24.3 Å². The quantitative estimate of drug-likeness (QED) is 0.343. The highest BCUT2D eigenvalue weighted by molar-refractivity contribution is 14.0. The summed E-state index contributed by atoms with van der Waals surface area (Å²) in [6.45, 7) is 0.00557. The van der Waals surface area contributed by atoms with E-state index in [0.717, 1.165) is 10.9 Å². The number of alkyl halides is 3. The molecule has 2 aliphatic rings. The van der Waals surface area contributed by atoms with E-state index < -0.39 is 12.7 Å². The van der Waals surface area contributed by atoms with E-state index in [2.05, 4.69) is 43.7 Å². The Hall–Kier alpha value is -0.550. The second-order valence-electron chi connectivity index (χ2n) is 6.70. The Morgan fingerprint density at radius 3 is 2.58 bits per heavy atom. The maximum atomic E-state index is 12.5. The zero-order valence-corrected chi connectivity index (χ0v) is 18.3. The Morgan fingerprint density at radius 2 is 1.96 bits per heavy atom. The number of nitrogens with zero attached hydrogens (tertiary/aromatic N) is 2. The topological polar surface area (TPSA) is 39.7 Å². The van der Waals surface area contributed by atoms with Crippen molar-refractivity contribution in [3.8, 4) is 0 Å². The van der Waals surface area contributed by atoms with Crippen molar-refractivity contribution in [2.45, 2.75) is 37.0 Å². The van der Waals surface area contributed by atoms with Gasteiger partial charge in [0.25, 0.3) is 0 Å². The lowest BCUT2D eigenvalue weighted by atomic mass is 10.1. The maximum Gasteiger partial charge on any atom is 0.401 e. The highest BCUT2D eigenvalue weighted by atomic mass is 127. The van der Waals surface area contributed by atoms with E-state index in [1.54, 1.807) is 7.05 Å². The van der Waals surface area contributed by atoms with Gasteiger partial charge < -0.3 is 10.6 Å². The van der Waals surface area contributed by atoms with Gasteiger partial charge in [-0.25, -0.2) is 0 Å². The molecule has 0 bridgehead atoms. The smallest absolute Gasteiger partial charge is 0.353 e. The molecule has 1 aromatic carbocycles. The second kappa shape index (κ2) is 9.09. The SMILES string of the molecule is CN=C(NC1CCN(CC(F)(F)F)C1)NC1CC1c1ccc(Br)cc1.I. The van der Waals surface area contributed by atoms with Crippen LogP contribution in [0.3, 0.4) is 0 Å². The molecule has 1 saturated heterocycles. The summed E-state index contributed by atoms with van der Waals surface area (Å²) >= 11 is 3.43. The summed E-state index contributed by atoms with van der Waals surface area (Å²) in [5, 5.41) is 6.64. The van der Waals surface area contributed by atoms with Crippen LogP contribution in [0.15, 0.2) is 33.7 Å². The van der Waals surface area contributed by atoms with Gasteiger partial charge in [0, 0.05) is 42.6 Å². The standard InChI is InChI=1S/C17H22BrF3N4.HI/c1-22-16(23-13-6-7-25(9-13)10-17(19,20)21)24-15-8-14(15)11-2-4-12(18)5-3-11;/h2-5,13-15H,6-10H2,1H3,(H2,22,23,24);1H. The minimum atomic E-state index is -4.14. The van der Waals surface area contributed by atoms with Crippen LogP contribution in [-0.4, -0.2) is 55.8 Å². The van der Waals surface area contributed by atoms with Crippen LogP contribution in [-0.2, 0) is 0 Å². The van der Waals surface area contributed by atoms with Crippen molar-refractivity contribution in [2.75, 3.05) is 26.7 Å². The summed E-state index contributed by atoms with van der Waals surface area (Å²) in [6, 6.07) is 8.60. The number of nitrogens with one attached hydrogen (secondary N) is 2. The van der Waals surface area contributed by atoms with E-state index >= 15 is 0 Å². The molecule has 1 saturated carbocycles. The van der Waals surface area contributed by atoms with E-state index in [0.29, 0.717) is 37.4 Å². The van der Waals surface area contributed by atoms with Gasteiger partial charge in [0.15, 0.2) is 5.96 Å². The summed E-state index contributed by atoms with van der Waals surface area (Å²) < 4.78 is 38.5. The predicted octanol–water partition coefficient (Wildman–Crippen LogP) is 3.72. The molecule has 0 amide bonds. The van der Waals surface area contributed by atoms with Crippen molar-refractivity contribution in [2.24, 2.45) is 4.99 Å². The first-order valence-corrected chi connectivity index (χ1v) is 9.18. The number of benzene rings is 1. The fourth-order valence-corrected chi connectivity index (χ4v) is 3.58. The summed E-state index contributed by atoms with van der Waals surface area (Å²) in [7, 11) is 1.69. The lowest BCUT2D eigenvalue weighted by Gasteiger charge is -2.20. The first-order valence-electron chi connectivity index (χ1n) is 8.38. The molecule has 0 spiro atoms. The molecule has 146 valence electrons. The number of halogens is 5. The molecule has 3 atom stereocenters. The van der Waals surface area contributed by atoms with E-state index in [1.807, 2.05) is 12.1 Å². The van der Waals surface area contributed by atoms with Crippen molar-refractivity contribution in [1.29, 1.82) is 0 Å². The Kier molecular flexibility index (Phi) is 7.61. The van der Waals surface area contributed by atoms with Crippen molar-refractivity contribution < 1.29 is 13.2 Å². The second-order valence-corrected chi connectivity index (χ2v) is 7.61. The molecule has 4 nitrogen and oxygen atoms in total. The summed E-state index contributed by atoms with van der Waals surface area (Å²) in [6.07, 6.45) is -2.41. The van der Waals surface area contributed by atoms with E-state index in [1.165, 1.54) is 10.5 Å². The van der Waals surface area contributed by atoms with Gasteiger partial charge in [-0.05, 0) is 30.5 Å². The van der Waals surface area contributed by atoms with Crippen LogP contribution in [0.4, 0.5) is 13.2 Å². The average Bonchev–Trinajstić information content (AvgIpc) is 3.17. The summed E-state index contributed by atoms with van der Waals surface area (Å²) in [5.41, 5.74) is 1.29. The fourth-order valence-electron chi connectivity index (χ4n) is 3.32. The van der Waals surface area contributed by atoms with Crippen LogP contribution < -0.4 is 10.6 Å². The minimum absolute atomic E-state index is 0. The van der Waals surface area contributed by atoms with Crippen LogP contribution in [0, 0.1) is 0 Å². The third-order valence-corrected chi connectivity index (χ3v) is 5.18. The maximum absolute atomic E-state index is 12.5. The monoisotopic (exact) mass is 546 g/mol. The van der Waals surface area contributed by atoms with Crippen molar-refractivity contribution in [3.05, 3.63) is 34.3 Å². The Morgan fingerprint density at radius 1 is 1.27 bits per heavy atom. The average molecular weight is 547 g/mol. The van der Waals surface area contributed by atoms with Crippen LogP contribution in [0.2, 0.25) is 0 Å². The first kappa shape index (κ1) is 21.7. The number of aliphatic imine (C=N–C) groups is 1. The third kappa shape index (κ3) is 6.26. The molecule has 1 aromatic rings. The van der Waals surface area contributed by atoms with Gasteiger partial charge in [-0.2, -0.15) is 13.2 Å². The van der Waals surface area contributed by atoms with Crippen molar-refractivity contribution in [3.63, 3.8) is 0 Å². The minimum Gasteiger partial charge on any atom is -0.353 e. The highest BCUT2D eigenvalue weighted by Gasteiger charge is 2.39. The van der Waals surface area contributed by atoms with E-state index in [4.69, 9.17) is 0 Å². The molecule has 2 fully saturated rings. The van der Waals surface area contributed by atoms with Crippen molar-refractivity contribution >= 4 is 45.9 Å². The van der Waals surface area contributed by atoms with Crippen LogP contribution >= 0.6 is 39.9 Å². The van der Waals surface area contributed by atoms with Gasteiger partial charge in [-0.1, -0.05) is 28.1 Å². The van der Waals surface area contributed by atoms with E-state index in [-0.39, 0.29) is 30.0 Å². The first-order chi connectivity index (χ1) is 11.8. The largest absolute Gasteiger partial charge is 0.401 e. The molecule has 2 N–H and O–H groups in total. The van der Waals surface area contributed by atoms with Gasteiger partial charge >= 0.3 is 6.18 Å². The number of rotatable bonds is 4. The molecule has 26 heavy (non-hydrogen) atoms. The molecule has 9 heteroatoms. The number of hydrogen-bond acceptors (Lipinski definition) is 2. The molecule has 1 aliphatic carbocycles. The van der Waals surface area contributed by atoms with Gasteiger partial charge in [0.2, 0.25) is 0 Å². The Bertz CT molecular complexity index is 623. The normalized spacial score (nSPS) is 26.3. The molecule has 3 rings (SSSR count). The van der Waals surface area contributed by atoms with Gasteiger partial charge in [-0.15, -0.1) is 24.0 Å². The van der Waals surface area contributed by atoms with Gasteiger partial charge in [0.1, 0.15) is 0 Å².